The van der Waals surface area contributed by atoms with Crippen LogP contribution in [0.3, 0.4) is 0 Å². The molecule has 12 heavy (non-hydrogen) atoms. The molecule has 0 spiro atoms. The van der Waals surface area contributed by atoms with Crippen molar-refractivity contribution in [2.75, 3.05) is 6.26 Å². The number of allylic oxidation sites excluding steroid dienone is 5. The summed E-state index contributed by atoms with van der Waals surface area (Å²) in [6.07, 6.45) is 12.4. The van der Waals surface area contributed by atoms with E-state index in [4.69, 9.17) is 0 Å². The first-order chi connectivity index (χ1) is 5.85. The van der Waals surface area contributed by atoms with E-state index >= 15 is 0 Å². The van der Waals surface area contributed by atoms with E-state index in [0.29, 0.717) is 0 Å². The lowest BCUT2D eigenvalue weighted by Gasteiger charge is -1.91. The van der Waals surface area contributed by atoms with Crippen molar-refractivity contribution in [2.24, 2.45) is 0 Å². The fourth-order valence-corrected chi connectivity index (χ4v) is 1.03. The fraction of sp³-hybridized carbons (Fsp3) is 0.455. The SMILES string of the molecule is CC.C\C=C/C=C(\C=C/C)SC. The van der Waals surface area contributed by atoms with Gasteiger partial charge in [0.25, 0.3) is 0 Å². The molecule has 0 saturated carbocycles. The van der Waals surface area contributed by atoms with E-state index in [0.717, 1.165) is 0 Å². The Morgan fingerprint density at radius 1 is 1.08 bits per heavy atom. The van der Waals surface area contributed by atoms with E-state index in [2.05, 4.69) is 18.4 Å². The predicted molar refractivity (Wildman–Crippen MR) is 62.6 cm³/mol. The third-order valence-electron chi connectivity index (χ3n) is 1.02. The normalized spacial score (nSPS) is 11.9. The van der Waals surface area contributed by atoms with Crippen molar-refractivity contribution >= 4 is 11.8 Å². The molecule has 1 heteroatoms. The summed E-state index contributed by atoms with van der Waals surface area (Å²) >= 11 is 1.76. The van der Waals surface area contributed by atoms with Crippen molar-refractivity contribution in [3.05, 3.63) is 35.3 Å². The Labute approximate surface area is 81.4 Å². The van der Waals surface area contributed by atoms with Crippen LogP contribution < -0.4 is 0 Å². The minimum absolute atomic E-state index is 1.29. The monoisotopic (exact) mass is 184 g/mol. The van der Waals surface area contributed by atoms with Crippen molar-refractivity contribution in [3.63, 3.8) is 0 Å². The van der Waals surface area contributed by atoms with Gasteiger partial charge in [-0.05, 0) is 26.2 Å². The van der Waals surface area contributed by atoms with E-state index < -0.39 is 0 Å². The van der Waals surface area contributed by atoms with Crippen LogP contribution in [0.5, 0.6) is 0 Å². The average Bonchev–Trinajstić information content (AvgIpc) is 2.15. The minimum atomic E-state index is 1.29. The second kappa shape index (κ2) is 13.2. The van der Waals surface area contributed by atoms with E-state index in [-0.39, 0.29) is 0 Å². The average molecular weight is 184 g/mol. The summed E-state index contributed by atoms with van der Waals surface area (Å²) in [5.41, 5.74) is 0. The number of thioether (sulfide) groups is 1. The molecule has 0 aliphatic carbocycles. The molecule has 0 unspecified atom stereocenters. The Morgan fingerprint density at radius 3 is 2.00 bits per heavy atom. The van der Waals surface area contributed by atoms with Gasteiger partial charge in [-0.2, -0.15) is 0 Å². The Morgan fingerprint density at radius 2 is 1.67 bits per heavy atom. The Hall–Kier alpha value is -0.430. The van der Waals surface area contributed by atoms with E-state index in [9.17, 15) is 0 Å². The van der Waals surface area contributed by atoms with Crippen LogP contribution in [-0.4, -0.2) is 6.26 Å². The van der Waals surface area contributed by atoms with Gasteiger partial charge in [0.05, 0.1) is 0 Å². The molecule has 0 N–H and O–H groups in total. The lowest BCUT2D eigenvalue weighted by molar-refractivity contribution is 1.50. The molecule has 0 rings (SSSR count). The van der Waals surface area contributed by atoms with Gasteiger partial charge in [0.15, 0.2) is 0 Å². The standard InChI is InChI=1S/C9H14S.C2H6/c1-4-6-8-9(10-3)7-5-2;1-2/h4-8H,1-3H3;1-2H3/b6-4-,7-5-,9-8+;. The molecule has 0 aromatic heterocycles. The van der Waals surface area contributed by atoms with Gasteiger partial charge in [0.2, 0.25) is 0 Å². The first-order valence-corrected chi connectivity index (χ1v) is 5.57. The molecule has 0 bridgehead atoms. The molecule has 70 valence electrons. The van der Waals surface area contributed by atoms with Crippen molar-refractivity contribution in [1.29, 1.82) is 0 Å². The third kappa shape index (κ3) is 9.57. The maximum atomic E-state index is 2.10. The minimum Gasteiger partial charge on any atom is -0.130 e. The zero-order valence-corrected chi connectivity index (χ0v) is 9.61. The van der Waals surface area contributed by atoms with Gasteiger partial charge in [-0.15, -0.1) is 11.8 Å². The van der Waals surface area contributed by atoms with E-state index in [1.807, 2.05) is 45.9 Å². The molecule has 0 heterocycles. The molecule has 0 saturated heterocycles. The quantitative estimate of drug-likeness (QED) is 0.585. The summed E-state index contributed by atoms with van der Waals surface area (Å²) in [5.74, 6) is 0. The fourth-order valence-electron chi connectivity index (χ4n) is 0.547. The highest BCUT2D eigenvalue weighted by molar-refractivity contribution is 8.02. The molecule has 0 fully saturated rings. The lowest BCUT2D eigenvalue weighted by atomic mass is 10.4. The maximum Gasteiger partial charge on any atom is 0.00657 e. The highest BCUT2D eigenvalue weighted by atomic mass is 32.2. The zero-order valence-electron chi connectivity index (χ0n) is 8.79. The van der Waals surface area contributed by atoms with E-state index in [1.165, 1.54) is 4.91 Å². The summed E-state index contributed by atoms with van der Waals surface area (Å²) in [6, 6.07) is 0. The van der Waals surface area contributed by atoms with Crippen LogP contribution >= 0.6 is 11.8 Å². The first-order valence-electron chi connectivity index (χ1n) is 4.34. The van der Waals surface area contributed by atoms with Gasteiger partial charge in [0.1, 0.15) is 0 Å². The highest BCUT2D eigenvalue weighted by Gasteiger charge is 1.82. The predicted octanol–water partition coefficient (Wildman–Crippen LogP) is 4.41. The third-order valence-corrected chi connectivity index (χ3v) is 1.76. The maximum absolute atomic E-state index is 2.10. The molecular formula is C11H20S. The Kier molecular flexibility index (Phi) is 15.5. The van der Waals surface area contributed by atoms with Gasteiger partial charge < -0.3 is 0 Å². The second-order valence-corrected chi connectivity index (χ2v) is 2.68. The summed E-state index contributed by atoms with van der Waals surface area (Å²) in [7, 11) is 0. The summed E-state index contributed by atoms with van der Waals surface area (Å²) in [5, 5.41) is 0. The molecule has 0 aliphatic heterocycles. The molecule has 0 aliphatic rings. The van der Waals surface area contributed by atoms with Crippen LogP contribution in [-0.2, 0) is 0 Å². The van der Waals surface area contributed by atoms with Crippen LogP contribution in [0, 0.1) is 0 Å². The molecule has 0 radical (unpaired) electrons. The number of rotatable bonds is 3. The van der Waals surface area contributed by atoms with Crippen LogP contribution in [0.4, 0.5) is 0 Å². The van der Waals surface area contributed by atoms with Crippen molar-refractivity contribution < 1.29 is 0 Å². The smallest absolute Gasteiger partial charge is 0.00657 e. The van der Waals surface area contributed by atoms with Gasteiger partial charge in [0, 0.05) is 4.91 Å². The van der Waals surface area contributed by atoms with Crippen LogP contribution in [0.1, 0.15) is 27.7 Å². The topological polar surface area (TPSA) is 0 Å². The summed E-state index contributed by atoms with van der Waals surface area (Å²) in [4.78, 5) is 1.29. The van der Waals surface area contributed by atoms with Gasteiger partial charge >= 0.3 is 0 Å². The van der Waals surface area contributed by atoms with Gasteiger partial charge in [-0.1, -0.05) is 38.2 Å². The lowest BCUT2D eigenvalue weighted by Crippen LogP contribution is -1.64. The second-order valence-electron chi connectivity index (χ2n) is 1.80. The highest BCUT2D eigenvalue weighted by Crippen LogP contribution is 2.12. The largest absolute Gasteiger partial charge is 0.130 e. The number of hydrogen-bond acceptors (Lipinski definition) is 1. The summed E-state index contributed by atoms with van der Waals surface area (Å²) in [6.45, 7) is 8.05. The molecule has 0 atom stereocenters. The molecular weight excluding hydrogens is 164 g/mol. The van der Waals surface area contributed by atoms with Crippen molar-refractivity contribution in [1.82, 2.24) is 0 Å². The molecule has 0 aromatic rings. The Balaban J connectivity index is 0. The first kappa shape index (κ1) is 14.1. The van der Waals surface area contributed by atoms with Gasteiger partial charge in [-0.3, -0.25) is 0 Å². The van der Waals surface area contributed by atoms with Crippen LogP contribution in [0.2, 0.25) is 0 Å². The van der Waals surface area contributed by atoms with Crippen molar-refractivity contribution in [3.8, 4) is 0 Å². The summed E-state index contributed by atoms with van der Waals surface area (Å²) < 4.78 is 0. The molecule has 0 aromatic carbocycles. The van der Waals surface area contributed by atoms with Crippen molar-refractivity contribution in [2.45, 2.75) is 27.7 Å². The van der Waals surface area contributed by atoms with Crippen LogP contribution in [0.15, 0.2) is 35.3 Å². The van der Waals surface area contributed by atoms with E-state index in [1.54, 1.807) is 11.8 Å². The zero-order chi connectivity index (χ0) is 9.82. The Bertz CT molecular complexity index is 152. The molecule has 0 amide bonds. The molecule has 0 nitrogen and oxygen atoms in total. The number of hydrogen-bond donors (Lipinski definition) is 0. The van der Waals surface area contributed by atoms with Gasteiger partial charge in [-0.25, -0.2) is 0 Å². The van der Waals surface area contributed by atoms with Crippen LogP contribution in [0.25, 0.3) is 0 Å².